The fourth-order valence-electron chi connectivity index (χ4n) is 3.49. The molecule has 0 bridgehead atoms. The molecule has 0 aliphatic heterocycles. The van der Waals surface area contributed by atoms with Gasteiger partial charge in [-0.05, 0) is 55.8 Å². The first-order valence-electron chi connectivity index (χ1n) is 9.54. The number of hydrogen-bond donors (Lipinski definition) is 2. The molecule has 4 rings (SSSR count). The lowest BCUT2D eigenvalue weighted by Crippen LogP contribution is -2.21. The van der Waals surface area contributed by atoms with Crippen LogP contribution in [0.2, 0.25) is 5.02 Å². The Morgan fingerprint density at radius 1 is 1.17 bits per heavy atom. The number of carbonyl (C=O) groups excluding carboxylic acids is 2. The van der Waals surface area contributed by atoms with Crippen molar-refractivity contribution in [3.63, 3.8) is 0 Å². The Kier molecular flexibility index (Phi) is 5.74. The molecule has 3 aromatic rings. The molecule has 2 amide bonds. The number of fused-ring (bicyclic) bond motifs is 1. The van der Waals surface area contributed by atoms with Crippen LogP contribution in [0.3, 0.4) is 0 Å². The SMILES string of the molecule is Cc1ccc(Cl)cc1NC(=O)c1oc2c(c1C)/C(=N/NC(=O)c1cccs1)CCC2. The molecule has 0 atom stereocenters. The van der Waals surface area contributed by atoms with Crippen molar-refractivity contribution in [1.82, 2.24) is 5.43 Å². The second-order valence-electron chi connectivity index (χ2n) is 7.10. The number of aryl methyl sites for hydroxylation is 2. The van der Waals surface area contributed by atoms with E-state index in [2.05, 4.69) is 15.8 Å². The predicted octanol–water partition coefficient (Wildman–Crippen LogP) is 5.33. The van der Waals surface area contributed by atoms with Crippen LogP contribution >= 0.6 is 22.9 Å². The van der Waals surface area contributed by atoms with Crippen LogP contribution in [0.5, 0.6) is 0 Å². The molecule has 1 aromatic carbocycles. The third-order valence-corrected chi connectivity index (χ3v) is 6.12. The van der Waals surface area contributed by atoms with Crippen LogP contribution in [0.4, 0.5) is 5.69 Å². The summed E-state index contributed by atoms with van der Waals surface area (Å²) in [5.41, 5.74) is 6.40. The molecule has 8 heteroatoms. The van der Waals surface area contributed by atoms with Gasteiger partial charge in [0.2, 0.25) is 0 Å². The van der Waals surface area contributed by atoms with Gasteiger partial charge in [-0.15, -0.1) is 11.3 Å². The minimum absolute atomic E-state index is 0.249. The zero-order chi connectivity index (χ0) is 21.3. The van der Waals surface area contributed by atoms with E-state index >= 15 is 0 Å². The lowest BCUT2D eigenvalue weighted by atomic mass is 9.93. The maximum atomic E-state index is 12.9. The molecule has 0 spiro atoms. The molecular weight excluding hydrogens is 422 g/mol. The number of furan rings is 1. The molecule has 0 unspecified atom stereocenters. The van der Waals surface area contributed by atoms with Gasteiger partial charge in [-0.3, -0.25) is 9.59 Å². The standard InChI is InChI=1S/C22H20ClN3O3S/c1-12-8-9-14(23)11-16(12)24-22(28)20-13(2)19-15(5-3-6-17(19)29-20)25-26-21(27)18-7-4-10-30-18/h4,7-11H,3,5-6H2,1-2H3,(H,24,28)(H,26,27)/b25-15+. The van der Waals surface area contributed by atoms with Gasteiger partial charge in [0.15, 0.2) is 5.76 Å². The smallest absolute Gasteiger partial charge is 0.291 e. The summed E-state index contributed by atoms with van der Waals surface area (Å²) in [6.07, 6.45) is 2.26. The predicted molar refractivity (Wildman–Crippen MR) is 119 cm³/mol. The summed E-state index contributed by atoms with van der Waals surface area (Å²) in [4.78, 5) is 25.7. The van der Waals surface area contributed by atoms with Crippen LogP contribution in [-0.2, 0) is 6.42 Å². The molecule has 6 nitrogen and oxygen atoms in total. The zero-order valence-electron chi connectivity index (χ0n) is 16.5. The fourth-order valence-corrected chi connectivity index (χ4v) is 4.27. The van der Waals surface area contributed by atoms with Gasteiger partial charge in [-0.2, -0.15) is 5.10 Å². The van der Waals surface area contributed by atoms with Crippen LogP contribution < -0.4 is 10.7 Å². The normalized spacial score (nSPS) is 14.4. The molecule has 0 fully saturated rings. The second-order valence-corrected chi connectivity index (χ2v) is 8.48. The Morgan fingerprint density at radius 3 is 2.77 bits per heavy atom. The van der Waals surface area contributed by atoms with E-state index in [1.807, 2.05) is 31.4 Å². The summed E-state index contributed by atoms with van der Waals surface area (Å²) < 4.78 is 5.91. The third kappa shape index (κ3) is 4.04. The van der Waals surface area contributed by atoms with Crippen molar-refractivity contribution in [3.05, 3.63) is 73.8 Å². The number of nitrogens with zero attached hydrogens (tertiary/aromatic N) is 1. The first kappa shape index (κ1) is 20.4. The number of carbonyl (C=O) groups is 2. The molecule has 2 aromatic heterocycles. The maximum Gasteiger partial charge on any atom is 0.291 e. The average molecular weight is 442 g/mol. The third-order valence-electron chi connectivity index (χ3n) is 5.02. The number of hydrogen-bond acceptors (Lipinski definition) is 5. The van der Waals surface area contributed by atoms with E-state index in [0.717, 1.165) is 35.4 Å². The van der Waals surface area contributed by atoms with E-state index in [9.17, 15) is 9.59 Å². The highest BCUT2D eigenvalue weighted by Gasteiger charge is 2.28. The number of nitrogens with one attached hydrogen (secondary N) is 2. The number of rotatable bonds is 4. The van der Waals surface area contributed by atoms with Crippen molar-refractivity contribution >= 4 is 46.2 Å². The van der Waals surface area contributed by atoms with Crippen LogP contribution in [0.15, 0.2) is 45.2 Å². The Hall–Kier alpha value is -2.90. The van der Waals surface area contributed by atoms with E-state index in [-0.39, 0.29) is 17.6 Å². The number of thiophene rings is 1. The van der Waals surface area contributed by atoms with Crippen molar-refractivity contribution in [2.75, 3.05) is 5.32 Å². The van der Waals surface area contributed by atoms with Crippen molar-refractivity contribution in [1.29, 1.82) is 0 Å². The van der Waals surface area contributed by atoms with Gasteiger partial charge in [0.1, 0.15) is 5.76 Å². The van der Waals surface area contributed by atoms with Crippen molar-refractivity contribution in [3.8, 4) is 0 Å². The highest BCUT2D eigenvalue weighted by atomic mass is 35.5. The molecule has 0 saturated heterocycles. The lowest BCUT2D eigenvalue weighted by molar-refractivity contribution is 0.0957. The second kappa shape index (κ2) is 8.45. The van der Waals surface area contributed by atoms with Gasteiger partial charge in [-0.25, -0.2) is 5.43 Å². The van der Waals surface area contributed by atoms with Gasteiger partial charge in [0.25, 0.3) is 11.8 Å². The van der Waals surface area contributed by atoms with E-state index in [0.29, 0.717) is 27.6 Å². The molecule has 2 N–H and O–H groups in total. The van der Waals surface area contributed by atoms with E-state index in [1.165, 1.54) is 11.3 Å². The van der Waals surface area contributed by atoms with Crippen LogP contribution in [0.1, 0.15) is 55.5 Å². The van der Waals surface area contributed by atoms with Crippen LogP contribution in [0, 0.1) is 13.8 Å². The van der Waals surface area contributed by atoms with E-state index in [1.54, 1.807) is 18.2 Å². The lowest BCUT2D eigenvalue weighted by Gasteiger charge is -2.13. The fraction of sp³-hybridized carbons (Fsp3) is 0.227. The van der Waals surface area contributed by atoms with Crippen LogP contribution in [-0.4, -0.2) is 17.5 Å². The largest absolute Gasteiger partial charge is 0.455 e. The minimum Gasteiger partial charge on any atom is -0.455 e. The Morgan fingerprint density at radius 2 is 2.00 bits per heavy atom. The van der Waals surface area contributed by atoms with Crippen LogP contribution in [0.25, 0.3) is 0 Å². The van der Waals surface area contributed by atoms with Gasteiger partial charge in [0, 0.05) is 28.3 Å². The summed E-state index contributed by atoms with van der Waals surface area (Å²) in [6, 6.07) is 8.89. The number of benzene rings is 1. The molecule has 2 heterocycles. The van der Waals surface area contributed by atoms with Gasteiger partial charge < -0.3 is 9.73 Å². The molecule has 1 aliphatic rings. The first-order chi connectivity index (χ1) is 14.4. The van der Waals surface area contributed by atoms with Gasteiger partial charge in [0.05, 0.1) is 10.6 Å². The monoisotopic (exact) mass is 441 g/mol. The Bertz CT molecular complexity index is 1150. The van der Waals surface area contributed by atoms with Crippen molar-refractivity contribution in [2.24, 2.45) is 5.10 Å². The Labute approximate surface area is 182 Å². The summed E-state index contributed by atoms with van der Waals surface area (Å²) >= 11 is 7.41. The summed E-state index contributed by atoms with van der Waals surface area (Å²) in [6.45, 7) is 3.73. The van der Waals surface area contributed by atoms with Crippen molar-refractivity contribution in [2.45, 2.75) is 33.1 Å². The average Bonchev–Trinajstić information content (AvgIpc) is 3.38. The molecule has 30 heavy (non-hydrogen) atoms. The van der Waals surface area contributed by atoms with Gasteiger partial charge in [-0.1, -0.05) is 23.7 Å². The zero-order valence-corrected chi connectivity index (χ0v) is 18.1. The van der Waals surface area contributed by atoms with Gasteiger partial charge >= 0.3 is 0 Å². The molecule has 0 radical (unpaired) electrons. The highest BCUT2D eigenvalue weighted by molar-refractivity contribution is 7.12. The quantitative estimate of drug-likeness (QED) is 0.536. The molecule has 154 valence electrons. The topological polar surface area (TPSA) is 83.7 Å². The minimum atomic E-state index is -0.339. The number of halogens is 1. The summed E-state index contributed by atoms with van der Waals surface area (Å²) in [7, 11) is 0. The first-order valence-corrected chi connectivity index (χ1v) is 10.8. The van der Waals surface area contributed by atoms with Crippen molar-refractivity contribution < 1.29 is 14.0 Å². The Balaban J connectivity index is 1.59. The summed E-state index contributed by atoms with van der Waals surface area (Å²) in [5.74, 6) is 0.379. The number of amides is 2. The number of hydrazone groups is 1. The highest BCUT2D eigenvalue weighted by Crippen LogP contribution is 2.31. The van der Waals surface area contributed by atoms with E-state index < -0.39 is 0 Å². The number of anilines is 1. The maximum absolute atomic E-state index is 12.9. The van der Waals surface area contributed by atoms with E-state index in [4.69, 9.17) is 16.0 Å². The molecule has 1 aliphatic carbocycles. The molecular formula is C22H20ClN3O3S. The molecule has 0 saturated carbocycles. The summed E-state index contributed by atoms with van der Waals surface area (Å²) in [5, 5.41) is 9.60.